The first-order valence-corrected chi connectivity index (χ1v) is 6.43. The van der Waals surface area contributed by atoms with Crippen LogP contribution in [-0.4, -0.2) is 6.04 Å². The maximum atomic E-state index is 6.07. The number of thiophene rings is 1. The summed E-state index contributed by atoms with van der Waals surface area (Å²) < 4.78 is 0. The molecule has 0 saturated heterocycles. The van der Waals surface area contributed by atoms with Gasteiger partial charge in [-0.3, -0.25) is 0 Å². The molecule has 0 aromatic carbocycles. The van der Waals surface area contributed by atoms with Crippen molar-refractivity contribution in [1.29, 1.82) is 0 Å². The minimum Gasteiger partial charge on any atom is -0.328 e. The van der Waals surface area contributed by atoms with Crippen LogP contribution in [0.2, 0.25) is 0 Å². The van der Waals surface area contributed by atoms with Crippen molar-refractivity contribution in [2.75, 3.05) is 0 Å². The molecule has 2 unspecified atom stereocenters. The molecular formula is C12H21NS. The third-order valence-corrected chi connectivity index (χ3v) is 3.52. The second-order valence-corrected chi connectivity index (χ2v) is 4.96. The predicted octanol–water partition coefficient (Wildman–Crippen LogP) is 3.44. The highest BCUT2D eigenvalue weighted by Gasteiger charge is 2.07. The monoisotopic (exact) mass is 211 g/mol. The summed E-state index contributed by atoms with van der Waals surface area (Å²) in [5.41, 5.74) is 7.51. The van der Waals surface area contributed by atoms with Gasteiger partial charge in [-0.2, -0.15) is 11.3 Å². The highest BCUT2D eigenvalue weighted by Crippen LogP contribution is 2.14. The summed E-state index contributed by atoms with van der Waals surface area (Å²) >= 11 is 1.77. The van der Waals surface area contributed by atoms with Gasteiger partial charge >= 0.3 is 0 Å². The van der Waals surface area contributed by atoms with Crippen molar-refractivity contribution in [3.63, 3.8) is 0 Å². The van der Waals surface area contributed by atoms with E-state index >= 15 is 0 Å². The first-order valence-electron chi connectivity index (χ1n) is 5.49. The molecule has 0 spiro atoms. The highest BCUT2D eigenvalue weighted by atomic mass is 32.1. The van der Waals surface area contributed by atoms with Gasteiger partial charge in [0.25, 0.3) is 0 Å². The van der Waals surface area contributed by atoms with Gasteiger partial charge in [0.15, 0.2) is 0 Å². The summed E-state index contributed by atoms with van der Waals surface area (Å²) in [5, 5.41) is 4.35. The third kappa shape index (κ3) is 4.25. The van der Waals surface area contributed by atoms with Crippen molar-refractivity contribution >= 4 is 11.3 Å². The van der Waals surface area contributed by atoms with Gasteiger partial charge in [-0.15, -0.1) is 0 Å². The molecule has 1 heterocycles. The SMILES string of the molecule is CCC(C)CC(N)CCc1ccsc1. The molecule has 80 valence electrons. The van der Waals surface area contributed by atoms with Crippen molar-refractivity contribution < 1.29 is 0 Å². The molecule has 1 nitrogen and oxygen atoms in total. The maximum Gasteiger partial charge on any atom is 0.00445 e. The van der Waals surface area contributed by atoms with E-state index in [1.807, 2.05) is 0 Å². The first-order chi connectivity index (χ1) is 6.72. The lowest BCUT2D eigenvalue weighted by atomic mass is 9.96. The Bertz CT molecular complexity index is 230. The Labute approximate surface area is 91.3 Å². The topological polar surface area (TPSA) is 26.0 Å². The number of hydrogen-bond donors (Lipinski definition) is 1. The van der Waals surface area contributed by atoms with E-state index in [0.717, 1.165) is 18.8 Å². The van der Waals surface area contributed by atoms with E-state index < -0.39 is 0 Å². The van der Waals surface area contributed by atoms with E-state index in [9.17, 15) is 0 Å². The predicted molar refractivity (Wildman–Crippen MR) is 64.7 cm³/mol. The third-order valence-electron chi connectivity index (χ3n) is 2.79. The molecule has 2 heteroatoms. The average Bonchev–Trinajstić information content (AvgIpc) is 2.67. The van der Waals surface area contributed by atoms with E-state index in [2.05, 4.69) is 30.7 Å². The van der Waals surface area contributed by atoms with Crippen LogP contribution in [0.15, 0.2) is 16.8 Å². The van der Waals surface area contributed by atoms with Crippen molar-refractivity contribution in [2.45, 2.75) is 45.6 Å². The van der Waals surface area contributed by atoms with Crippen molar-refractivity contribution in [1.82, 2.24) is 0 Å². The molecule has 0 aliphatic rings. The van der Waals surface area contributed by atoms with E-state index in [1.54, 1.807) is 11.3 Å². The number of nitrogens with two attached hydrogens (primary N) is 1. The lowest BCUT2D eigenvalue weighted by molar-refractivity contribution is 0.436. The van der Waals surface area contributed by atoms with Crippen LogP contribution in [0, 0.1) is 5.92 Å². The van der Waals surface area contributed by atoms with Gasteiger partial charge in [-0.25, -0.2) is 0 Å². The molecule has 14 heavy (non-hydrogen) atoms. The lowest BCUT2D eigenvalue weighted by Gasteiger charge is -2.15. The minimum absolute atomic E-state index is 0.379. The Hall–Kier alpha value is -0.340. The fraction of sp³-hybridized carbons (Fsp3) is 0.667. The molecule has 1 aromatic rings. The lowest BCUT2D eigenvalue weighted by Crippen LogP contribution is -2.23. The molecule has 0 saturated carbocycles. The Kier molecular flexibility index (Phi) is 5.20. The summed E-state index contributed by atoms with van der Waals surface area (Å²) in [6.07, 6.45) is 4.68. The van der Waals surface area contributed by atoms with Crippen molar-refractivity contribution in [3.8, 4) is 0 Å². The summed E-state index contributed by atoms with van der Waals surface area (Å²) in [5.74, 6) is 0.771. The zero-order chi connectivity index (χ0) is 10.4. The van der Waals surface area contributed by atoms with Crippen LogP contribution >= 0.6 is 11.3 Å². The molecule has 0 radical (unpaired) electrons. The molecule has 1 rings (SSSR count). The van der Waals surface area contributed by atoms with Gasteiger partial charge in [0.05, 0.1) is 0 Å². The van der Waals surface area contributed by atoms with Crippen LogP contribution in [0.25, 0.3) is 0 Å². The summed E-state index contributed by atoms with van der Waals surface area (Å²) in [6, 6.07) is 2.57. The quantitative estimate of drug-likeness (QED) is 0.766. The van der Waals surface area contributed by atoms with Gasteiger partial charge in [-0.05, 0) is 47.6 Å². The second-order valence-electron chi connectivity index (χ2n) is 4.18. The van der Waals surface area contributed by atoms with Crippen LogP contribution < -0.4 is 5.73 Å². The first kappa shape index (κ1) is 11.7. The molecule has 2 N–H and O–H groups in total. The van der Waals surface area contributed by atoms with Crippen molar-refractivity contribution in [2.24, 2.45) is 11.7 Å². The van der Waals surface area contributed by atoms with Gasteiger partial charge in [0.1, 0.15) is 0 Å². The summed E-state index contributed by atoms with van der Waals surface area (Å²) in [4.78, 5) is 0. The smallest absolute Gasteiger partial charge is 0.00445 e. The average molecular weight is 211 g/mol. The summed E-state index contributed by atoms with van der Waals surface area (Å²) in [7, 11) is 0. The number of rotatable bonds is 6. The van der Waals surface area contributed by atoms with E-state index in [-0.39, 0.29) is 0 Å². The molecule has 1 aromatic heterocycles. The Morgan fingerprint density at radius 1 is 1.50 bits per heavy atom. The van der Waals surface area contributed by atoms with Crippen LogP contribution in [0.5, 0.6) is 0 Å². The van der Waals surface area contributed by atoms with E-state index in [4.69, 9.17) is 5.73 Å². The largest absolute Gasteiger partial charge is 0.328 e. The highest BCUT2D eigenvalue weighted by molar-refractivity contribution is 7.07. The molecule has 0 bridgehead atoms. The van der Waals surface area contributed by atoms with Crippen LogP contribution in [0.1, 0.15) is 38.7 Å². The number of aryl methyl sites for hydroxylation is 1. The molecule has 0 fully saturated rings. The standard InChI is InChI=1S/C12H21NS/c1-3-10(2)8-12(13)5-4-11-6-7-14-9-11/h6-7,9-10,12H,3-5,8,13H2,1-2H3. The zero-order valence-corrected chi connectivity index (χ0v) is 10.0. The molecular weight excluding hydrogens is 190 g/mol. The molecule has 0 aliphatic heterocycles. The fourth-order valence-electron chi connectivity index (χ4n) is 1.59. The zero-order valence-electron chi connectivity index (χ0n) is 9.20. The Morgan fingerprint density at radius 2 is 2.29 bits per heavy atom. The van der Waals surface area contributed by atoms with Crippen LogP contribution in [0.4, 0.5) is 0 Å². The van der Waals surface area contributed by atoms with Crippen molar-refractivity contribution in [3.05, 3.63) is 22.4 Å². The number of hydrogen-bond acceptors (Lipinski definition) is 2. The molecule has 0 aliphatic carbocycles. The second kappa shape index (κ2) is 6.20. The van der Waals surface area contributed by atoms with Crippen LogP contribution in [0.3, 0.4) is 0 Å². The van der Waals surface area contributed by atoms with E-state index in [1.165, 1.54) is 18.4 Å². The van der Waals surface area contributed by atoms with Gasteiger partial charge < -0.3 is 5.73 Å². The van der Waals surface area contributed by atoms with Gasteiger partial charge in [0.2, 0.25) is 0 Å². The molecule has 0 amide bonds. The van der Waals surface area contributed by atoms with Gasteiger partial charge in [-0.1, -0.05) is 20.3 Å². The fourth-order valence-corrected chi connectivity index (χ4v) is 2.29. The Balaban J connectivity index is 2.18. The Morgan fingerprint density at radius 3 is 2.86 bits per heavy atom. The summed E-state index contributed by atoms with van der Waals surface area (Å²) in [6.45, 7) is 4.51. The minimum atomic E-state index is 0.379. The normalized spacial score (nSPS) is 15.4. The van der Waals surface area contributed by atoms with Gasteiger partial charge in [0, 0.05) is 6.04 Å². The molecule has 2 atom stereocenters. The maximum absolute atomic E-state index is 6.07. The van der Waals surface area contributed by atoms with E-state index in [0.29, 0.717) is 6.04 Å². The van der Waals surface area contributed by atoms with Crippen LogP contribution in [-0.2, 0) is 6.42 Å².